The van der Waals surface area contributed by atoms with Gasteiger partial charge in [-0.1, -0.05) is 25.6 Å². The second-order valence-electron chi connectivity index (χ2n) is 6.22. The number of nitrogens with zero attached hydrogens (tertiary/aromatic N) is 2. The van der Waals surface area contributed by atoms with Gasteiger partial charge in [-0.25, -0.2) is 0 Å². The van der Waals surface area contributed by atoms with Crippen molar-refractivity contribution in [2.45, 2.75) is 43.5 Å². The molecule has 1 atom stereocenters. The highest BCUT2D eigenvalue weighted by atomic mass is 32.2. The van der Waals surface area contributed by atoms with Crippen LogP contribution in [0.25, 0.3) is 0 Å². The molecule has 1 unspecified atom stereocenters. The summed E-state index contributed by atoms with van der Waals surface area (Å²) in [5, 5.41) is 3.66. The fourth-order valence-electron chi connectivity index (χ4n) is 3.46. The van der Waals surface area contributed by atoms with Crippen LogP contribution in [0.1, 0.15) is 33.1 Å². The number of hydrogen-bond donors (Lipinski definition) is 2. The maximum Gasteiger partial charge on any atom is 0.133 e. The Hall–Kier alpha value is -1.11. The van der Waals surface area contributed by atoms with Crippen LogP contribution >= 0.6 is 11.8 Å². The third-order valence-corrected chi connectivity index (χ3v) is 5.95. The molecule has 4 rings (SSSR count). The Morgan fingerprint density at radius 2 is 1.79 bits per heavy atom. The third-order valence-electron chi connectivity index (χ3n) is 4.72. The highest BCUT2D eigenvalue weighted by Gasteiger charge is 2.29. The zero-order valence-corrected chi connectivity index (χ0v) is 15.7. The van der Waals surface area contributed by atoms with Crippen LogP contribution in [-0.4, -0.2) is 49.8 Å². The molecule has 1 aromatic carbocycles. The highest BCUT2D eigenvalue weighted by molar-refractivity contribution is 8.00. The second kappa shape index (κ2) is 8.32. The lowest BCUT2D eigenvalue weighted by Crippen LogP contribution is -2.44. The average Bonchev–Trinajstić information content (AvgIpc) is 3.07. The number of nitrogens with two attached hydrogens (primary N) is 1. The first-order valence-corrected chi connectivity index (χ1v) is 10.1. The lowest BCUT2D eigenvalue weighted by atomic mass is 10.1. The van der Waals surface area contributed by atoms with Crippen LogP contribution in [0.2, 0.25) is 0 Å². The number of piperidine rings is 1. The first-order valence-electron chi connectivity index (χ1n) is 9.25. The summed E-state index contributed by atoms with van der Waals surface area (Å²) in [6, 6.07) is 4.40. The van der Waals surface area contributed by atoms with Gasteiger partial charge in [0.05, 0.1) is 30.3 Å². The van der Waals surface area contributed by atoms with Gasteiger partial charge in [-0.2, -0.15) is 0 Å². The molecular weight excluding hydrogens is 320 g/mol. The molecule has 5 nitrogen and oxygen atoms in total. The Morgan fingerprint density at radius 1 is 1.08 bits per heavy atom. The zero-order chi connectivity index (χ0) is 16.9. The Balaban J connectivity index is 0.000000815. The summed E-state index contributed by atoms with van der Waals surface area (Å²) >= 11 is 1.87. The van der Waals surface area contributed by atoms with E-state index in [0.717, 1.165) is 45.1 Å². The molecule has 0 amide bonds. The minimum atomic E-state index is 0.315. The molecule has 0 aromatic heterocycles. The van der Waals surface area contributed by atoms with Crippen molar-refractivity contribution in [1.82, 2.24) is 4.90 Å². The molecule has 3 N–H and O–H groups in total. The Labute approximate surface area is 149 Å². The smallest absolute Gasteiger partial charge is 0.133 e. The molecule has 134 valence electrons. The van der Waals surface area contributed by atoms with Crippen LogP contribution in [0.4, 0.5) is 17.1 Å². The molecule has 3 heterocycles. The highest BCUT2D eigenvalue weighted by Crippen LogP contribution is 2.44. The summed E-state index contributed by atoms with van der Waals surface area (Å²) in [5.74, 6) is 0. The number of morpholine rings is 1. The monoisotopic (exact) mass is 350 g/mol. The number of nitrogen functional groups attached to an aromatic ring is 1. The summed E-state index contributed by atoms with van der Waals surface area (Å²) in [4.78, 5) is 6.16. The number of anilines is 3. The number of thioether (sulfide) groups is 1. The van der Waals surface area contributed by atoms with Crippen molar-refractivity contribution in [3.05, 3.63) is 12.1 Å². The molecule has 0 radical (unpaired) electrons. The number of ether oxygens (including phenoxy) is 1. The van der Waals surface area contributed by atoms with E-state index in [1.807, 2.05) is 25.6 Å². The maximum absolute atomic E-state index is 6.33. The van der Waals surface area contributed by atoms with Crippen molar-refractivity contribution in [1.29, 1.82) is 0 Å². The van der Waals surface area contributed by atoms with Crippen LogP contribution in [-0.2, 0) is 4.74 Å². The topological polar surface area (TPSA) is 53.8 Å². The van der Waals surface area contributed by atoms with Gasteiger partial charge in [0.2, 0.25) is 0 Å². The van der Waals surface area contributed by atoms with E-state index in [-0.39, 0.29) is 0 Å². The van der Waals surface area contributed by atoms with Crippen LogP contribution in [0, 0.1) is 0 Å². The predicted octanol–water partition coefficient (Wildman–Crippen LogP) is 3.42. The van der Waals surface area contributed by atoms with Gasteiger partial charge in [0, 0.05) is 31.1 Å². The van der Waals surface area contributed by atoms with E-state index in [9.17, 15) is 0 Å². The van der Waals surface area contributed by atoms with Crippen molar-refractivity contribution in [3.63, 3.8) is 0 Å². The molecule has 3 aliphatic heterocycles. The Morgan fingerprint density at radius 3 is 2.50 bits per heavy atom. The van der Waals surface area contributed by atoms with Gasteiger partial charge in [0.25, 0.3) is 0 Å². The number of hydrogen-bond acceptors (Lipinski definition) is 6. The van der Waals surface area contributed by atoms with Crippen LogP contribution in [0.3, 0.4) is 0 Å². The van der Waals surface area contributed by atoms with E-state index in [4.69, 9.17) is 10.5 Å². The normalized spacial score (nSPS) is 23.9. The molecule has 3 aliphatic rings. The largest absolute Gasteiger partial charge is 0.397 e. The summed E-state index contributed by atoms with van der Waals surface area (Å²) in [7, 11) is 0. The molecule has 24 heavy (non-hydrogen) atoms. The zero-order valence-electron chi connectivity index (χ0n) is 14.9. The summed E-state index contributed by atoms with van der Waals surface area (Å²) in [6.45, 7) is 9.90. The maximum atomic E-state index is 6.33. The van der Waals surface area contributed by atoms with Gasteiger partial charge in [-0.3, -0.25) is 4.90 Å². The Bertz CT molecular complexity index is 542. The van der Waals surface area contributed by atoms with E-state index in [1.54, 1.807) is 0 Å². The van der Waals surface area contributed by atoms with Crippen molar-refractivity contribution in [3.8, 4) is 0 Å². The van der Waals surface area contributed by atoms with Crippen molar-refractivity contribution >= 4 is 28.8 Å². The lowest BCUT2D eigenvalue weighted by molar-refractivity contribution is 0.0366. The fraction of sp³-hybridized carbons (Fsp3) is 0.667. The molecule has 0 aliphatic carbocycles. The average molecular weight is 351 g/mol. The number of benzene rings is 1. The Kier molecular flexibility index (Phi) is 6.14. The molecule has 6 heteroatoms. The molecule has 0 spiro atoms. The van der Waals surface area contributed by atoms with E-state index in [1.165, 1.54) is 35.5 Å². The molecule has 0 bridgehead atoms. The first-order chi connectivity index (χ1) is 11.8. The van der Waals surface area contributed by atoms with Gasteiger partial charge < -0.3 is 20.7 Å². The summed E-state index contributed by atoms with van der Waals surface area (Å²) in [6.07, 6.45) is 3.89. The molecule has 2 saturated heterocycles. The minimum Gasteiger partial charge on any atom is -0.397 e. The summed E-state index contributed by atoms with van der Waals surface area (Å²) < 4.78 is 5.45. The quantitative estimate of drug-likeness (QED) is 0.797. The molecule has 0 saturated carbocycles. The number of fused-ring (bicyclic) bond motifs is 1. The summed E-state index contributed by atoms with van der Waals surface area (Å²) in [5.41, 5.74) is 10.00. The van der Waals surface area contributed by atoms with Gasteiger partial charge in [0.15, 0.2) is 0 Å². The van der Waals surface area contributed by atoms with Gasteiger partial charge in [-0.05, 0) is 31.4 Å². The van der Waals surface area contributed by atoms with Gasteiger partial charge >= 0.3 is 0 Å². The van der Waals surface area contributed by atoms with Gasteiger partial charge in [0.1, 0.15) is 5.50 Å². The van der Waals surface area contributed by atoms with E-state index in [0.29, 0.717) is 5.50 Å². The van der Waals surface area contributed by atoms with Crippen molar-refractivity contribution in [2.75, 3.05) is 55.3 Å². The number of rotatable bonds is 2. The SMILES string of the molecule is CC.Nc1cc2c(cc1N1CCCCC1)NC(N1CCOCC1)S2. The standard InChI is InChI=1S/C16H24N4OS.C2H6/c17-12-10-15-13(11-14(12)19-4-2-1-3-5-19)18-16(22-15)20-6-8-21-9-7-20;1-2/h10-11,16,18H,1-9,17H2;1-2H3. The molecular formula is C18H30N4OS. The van der Waals surface area contributed by atoms with E-state index in [2.05, 4.69) is 27.2 Å². The lowest BCUT2D eigenvalue weighted by Gasteiger charge is -2.31. The number of nitrogens with one attached hydrogen (secondary N) is 1. The van der Waals surface area contributed by atoms with Crippen molar-refractivity contribution in [2.24, 2.45) is 0 Å². The fourth-order valence-corrected chi connectivity index (χ4v) is 4.69. The van der Waals surface area contributed by atoms with Crippen LogP contribution < -0.4 is 16.0 Å². The minimum absolute atomic E-state index is 0.315. The first kappa shape index (κ1) is 17.7. The molecule has 1 aromatic rings. The third kappa shape index (κ3) is 3.76. The van der Waals surface area contributed by atoms with Crippen LogP contribution in [0.15, 0.2) is 17.0 Å². The second-order valence-corrected chi connectivity index (χ2v) is 7.34. The van der Waals surface area contributed by atoms with Crippen molar-refractivity contribution < 1.29 is 4.74 Å². The van der Waals surface area contributed by atoms with E-state index < -0.39 is 0 Å². The predicted molar refractivity (Wildman–Crippen MR) is 104 cm³/mol. The molecule has 2 fully saturated rings. The van der Waals surface area contributed by atoms with E-state index >= 15 is 0 Å². The van der Waals surface area contributed by atoms with Gasteiger partial charge in [-0.15, -0.1) is 0 Å². The van der Waals surface area contributed by atoms with Crippen LogP contribution in [0.5, 0.6) is 0 Å².